The molecular formula is C16H12FIN2O. The maximum Gasteiger partial charge on any atom is 0.258 e. The molecule has 2 aromatic carbocycles. The molecule has 0 unspecified atom stereocenters. The number of nitrogens with one attached hydrogen (secondary N) is 1. The molecular weight excluding hydrogens is 382 g/mol. The molecule has 0 saturated carbocycles. The molecule has 0 heterocycles. The summed E-state index contributed by atoms with van der Waals surface area (Å²) in [6.07, 6.45) is 0. The molecule has 2 rings (SSSR count). The molecule has 21 heavy (non-hydrogen) atoms. The van der Waals surface area contributed by atoms with E-state index in [0.717, 1.165) is 20.8 Å². The quantitative estimate of drug-likeness (QED) is 0.778. The van der Waals surface area contributed by atoms with Crippen LogP contribution in [-0.2, 0) is 0 Å². The summed E-state index contributed by atoms with van der Waals surface area (Å²) in [5, 5.41) is 11.4. The number of nitrogens with zero attached hydrogens (tertiary/aromatic N) is 1. The third-order valence-corrected chi connectivity index (χ3v) is 4.26. The summed E-state index contributed by atoms with van der Waals surface area (Å²) in [5.41, 5.74) is 2.71. The Labute approximate surface area is 135 Å². The van der Waals surface area contributed by atoms with Crippen LogP contribution in [0.1, 0.15) is 27.0 Å². The molecule has 3 nitrogen and oxygen atoms in total. The van der Waals surface area contributed by atoms with Gasteiger partial charge in [0.1, 0.15) is 5.82 Å². The molecule has 0 bridgehead atoms. The van der Waals surface area contributed by atoms with Crippen molar-refractivity contribution in [2.45, 2.75) is 13.8 Å². The number of anilines is 1. The van der Waals surface area contributed by atoms with Crippen molar-refractivity contribution in [1.82, 2.24) is 0 Å². The number of rotatable bonds is 2. The van der Waals surface area contributed by atoms with E-state index in [1.54, 1.807) is 0 Å². The highest BCUT2D eigenvalue weighted by Crippen LogP contribution is 2.23. The van der Waals surface area contributed by atoms with Crippen molar-refractivity contribution < 1.29 is 9.18 Å². The van der Waals surface area contributed by atoms with Crippen LogP contribution in [0.25, 0.3) is 0 Å². The Balaban J connectivity index is 2.31. The SMILES string of the molecule is Cc1cc(NC(=O)c2ccc(C#N)cc2F)c(C)cc1I. The molecule has 0 radical (unpaired) electrons. The van der Waals surface area contributed by atoms with Gasteiger partial charge in [-0.1, -0.05) is 0 Å². The molecule has 2 aromatic rings. The van der Waals surface area contributed by atoms with Gasteiger partial charge >= 0.3 is 0 Å². The van der Waals surface area contributed by atoms with E-state index in [1.807, 2.05) is 32.0 Å². The Kier molecular flexibility index (Phi) is 4.58. The summed E-state index contributed by atoms with van der Waals surface area (Å²) in [4.78, 5) is 12.1. The summed E-state index contributed by atoms with van der Waals surface area (Å²) < 4.78 is 14.9. The van der Waals surface area contributed by atoms with E-state index in [2.05, 4.69) is 27.9 Å². The molecule has 5 heteroatoms. The first-order valence-electron chi connectivity index (χ1n) is 6.20. The molecule has 0 aliphatic carbocycles. The lowest BCUT2D eigenvalue weighted by Gasteiger charge is -2.11. The highest BCUT2D eigenvalue weighted by Gasteiger charge is 2.14. The number of carbonyl (C=O) groups excluding carboxylic acids is 1. The number of amides is 1. The van der Waals surface area contributed by atoms with Crippen LogP contribution >= 0.6 is 22.6 Å². The van der Waals surface area contributed by atoms with Crippen LogP contribution in [0.3, 0.4) is 0 Å². The minimum atomic E-state index is -0.702. The fraction of sp³-hybridized carbons (Fsp3) is 0.125. The topological polar surface area (TPSA) is 52.9 Å². The van der Waals surface area contributed by atoms with Gasteiger partial charge in [-0.25, -0.2) is 4.39 Å². The molecule has 0 aliphatic rings. The number of benzene rings is 2. The van der Waals surface area contributed by atoms with Gasteiger partial charge in [-0.3, -0.25) is 4.79 Å². The van der Waals surface area contributed by atoms with Gasteiger partial charge in [-0.15, -0.1) is 0 Å². The van der Waals surface area contributed by atoms with Gasteiger partial charge in [0.25, 0.3) is 5.91 Å². The fourth-order valence-electron chi connectivity index (χ4n) is 1.87. The number of hydrogen-bond acceptors (Lipinski definition) is 2. The van der Waals surface area contributed by atoms with Crippen molar-refractivity contribution in [2.24, 2.45) is 0 Å². The van der Waals surface area contributed by atoms with Crippen molar-refractivity contribution in [2.75, 3.05) is 5.32 Å². The average Bonchev–Trinajstić information content (AvgIpc) is 2.44. The maximum absolute atomic E-state index is 13.8. The van der Waals surface area contributed by atoms with Crippen molar-refractivity contribution >= 4 is 34.2 Å². The summed E-state index contributed by atoms with van der Waals surface area (Å²) in [7, 11) is 0. The third kappa shape index (κ3) is 3.39. The Bertz CT molecular complexity index is 766. The van der Waals surface area contributed by atoms with E-state index in [0.29, 0.717) is 5.69 Å². The Morgan fingerprint density at radius 2 is 1.95 bits per heavy atom. The smallest absolute Gasteiger partial charge is 0.258 e. The molecule has 0 atom stereocenters. The summed E-state index contributed by atoms with van der Waals surface area (Å²) in [6, 6.07) is 9.45. The van der Waals surface area contributed by atoms with Gasteiger partial charge in [-0.2, -0.15) is 5.26 Å². The summed E-state index contributed by atoms with van der Waals surface area (Å²) in [5.74, 6) is -1.23. The monoisotopic (exact) mass is 394 g/mol. The number of halogens is 2. The maximum atomic E-state index is 13.8. The molecule has 1 N–H and O–H groups in total. The highest BCUT2D eigenvalue weighted by molar-refractivity contribution is 14.1. The minimum absolute atomic E-state index is 0.0791. The van der Waals surface area contributed by atoms with Crippen molar-refractivity contribution in [3.8, 4) is 6.07 Å². The predicted octanol–water partition coefficient (Wildman–Crippen LogP) is 4.17. The number of hydrogen-bond donors (Lipinski definition) is 1. The standard InChI is InChI=1S/C16H12FIN2O/c1-9-6-15(10(2)5-14(9)18)20-16(21)12-4-3-11(8-19)7-13(12)17/h3-7H,1-2H3,(H,20,21). The van der Waals surface area contributed by atoms with E-state index in [1.165, 1.54) is 12.1 Å². The Hall–Kier alpha value is -1.94. The van der Waals surface area contributed by atoms with Gasteiger partial charge in [0, 0.05) is 9.26 Å². The van der Waals surface area contributed by atoms with Gasteiger partial charge in [0.2, 0.25) is 0 Å². The van der Waals surface area contributed by atoms with Crippen molar-refractivity contribution in [1.29, 1.82) is 5.26 Å². The van der Waals surface area contributed by atoms with E-state index in [4.69, 9.17) is 5.26 Å². The second-order valence-electron chi connectivity index (χ2n) is 4.68. The molecule has 0 fully saturated rings. The third-order valence-electron chi connectivity index (χ3n) is 3.10. The van der Waals surface area contributed by atoms with E-state index < -0.39 is 11.7 Å². The summed E-state index contributed by atoms with van der Waals surface area (Å²) >= 11 is 2.22. The molecule has 1 amide bonds. The lowest BCUT2D eigenvalue weighted by Crippen LogP contribution is -2.15. The van der Waals surface area contributed by atoms with Crippen molar-refractivity contribution in [3.63, 3.8) is 0 Å². The van der Waals surface area contributed by atoms with Gasteiger partial charge < -0.3 is 5.32 Å². The van der Waals surface area contributed by atoms with E-state index >= 15 is 0 Å². The van der Waals surface area contributed by atoms with Crippen LogP contribution in [0.15, 0.2) is 30.3 Å². The van der Waals surface area contributed by atoms with Crippen molar-refractivity contribution in [3.05, 3.63) is 62.0 Å². The zero-order chi connectivity index (χ0) is 15.6. The van der Waals surface area contributed by atoms with E-state index in [-0.39, 0.29) is 11.1 Å². The largest absolute Gasteiger partial charge is 0.322 e. The first-order valence-corrected chi connectivity index (χ1v) is 7.28. The van der Waals surface area contributed by atoms with Gasteiger partial charge in [-0.05, 0) is 77.9 Å². The van der Waals surface area contributed by atoms with Gasteiger partial charge in [0.05, 0.1) is 17.2 Å². The van der Waals surface area contributed by atoms with Gasteiger partial charge in [0.15, 0.2) is 0 Å². The van der Waals surface area contributed by atoms with Crippen LogP contribution in [0.4, 0.5) is 10.1 Å². The fourth-order valence-corrected chi connectivity index (χ4v) is 2.50. The molecule has 0 saturated heterocycles. The normalized spacial score (nSPS) is 10.0. The van der Waals surface area contributed by atoms with Crippen LogP contribution in [0.5, 0.6) is 0 Å². The van der Waals surface area contributed by atoms with E-state index in [9.17, 15) is 9.18 Å². The minimum Gasteiger partial charge on any atom is -0.322 e. The van der Waals surface area contributed by atoms with Crippen LogP contribution in [0.2, 0.25) is 0 Å². The zero-order valence-electron chi connectivity index (χ0n) is 11.5. The Morgan fingerprint density at radius 3 is 2.57 bits per heavy atom. The first kappa shape index (κ1) is 15.4. The second kappa shape index (κ2) is 6.22. The van der Waals surface area contributed by atoms with Crippen LogP contribution < -0.4 is 5.32 Å². The number of carbonyl (C=O) groups is 1. The second-order valence-corrected chi connectivity index (χ2v) is 5.84. The molecule has 0 spiro atoms. The molecule has 0 aromatic heterocycles. The number of nitriles is 1. The lowest BCUT2D eigenvalue weighted by molar-refractivity contribution is 0.102. The van der Waals surface area contributed by atoms with Crippen LogP contribution in [0, 0.1) is 34.6 Å². The average molecular weight is 394 g/mol. The molecule has 106 valence electrons. The highest BCUT2D eigenvalue weighted by atomic mass is 127. The molecule has 0 aliphatic heterocycles. The van der Waals surface area contributed by atoms with Crippen LogP contribution in [-0.4, -0.2) is 5.91 Å². The first-order chi connectivity index (χ1) is 9.92. The predicted molar refractivity (Wildman–Crippen MR) is 87.7 cm³/mol. The summed E-state index contributed by atoms with van der Waals surface area (Å²) in [6.45, 7) is 3.82. The number of aryl methyl sites for hydroxylation is 2. The lowest BCUT2D eigenvalue weighted by atomic mass is 10.1. The Morgan fingerprint density at radius 1 is 1.24 bits per heavy atom. The zero-order valence-corrected chi connectivity index (χ0v) is 13.7.